The van der Waals surface area contributed by atoms with Gasteiger partial charge < -0.3 is 10.6 Å². The van der Waals surface area contributed by atoms with Crippen LogP contribution in [0.3, 0.4) is 0 Å². The van der Waals surface area contributed by atoms with Gasteiger partial charge in [-0.25, -0.2) is 0 Å². The summed E-state index contributed by atoms with van der Waals surface area (Å²) in [5.41, 5.74) is 9.05. The summed E-state index contributed by atoms with van der Waals surface area (Å²) in [6, 6.07) is 8.80. The number of aryl methyl sites for hydroxylation is 1. The molecule has 2 nitrogen and oxygen atoms in total. The third kappa shape index (κ3) is 3.50. The molecule has 106 valence electrons. The van der Waals surface area contributed by atoms with Gasteiger partial charge >= 0.3 is 0 Å². The second kappa shape index (κ2) is 5.96. The van der Waals surface area contributed by atoms with E-state index in [1.54, 1.807) is 0 Å². The average Bonchev–Trinajstić information content (AvgIpc) is 2.42. The number of anilines is 1. The molecule has 1 aromatic rings. The zero-order valence-electron chi connectivity index (χ0n) is 12.7. The highest BCUT2D eigenvalue weighted by atomic mass is 15.1. The molecule has 0 amide bonds. The van der Waals surface area contributed by atoms with Crippen LogP contribution in [0.5, 0.6) is 0 Å². The van der Waals surface area contributed by atoms with Crippen molar-refractivity contribution in [3.05, 3.63) is 29.8 Å². The Hall–Kier alpha value is -1.02. The molecule has 0 saturated heterocycles. The van der Waals surface area contributed by atoms with E-state index in [-0.39, 0.29) is 0 Å². The van der Waals surface area contributed by atoms with Crippen LogP contribution in [-0.4, -0.2) is 20.1 Å². The van der Waals surface area contributed by atoms with Crippen LogP contribution in [0.25, 0.3) is 0 Å². The van der Waals surface area contributed by atoms with Crippen LogP contribution < -0.4 is 10.6 Å². The number of hydrogen-bond acceptors (Lipinski definition) is 2. The molecule has 0 heterocycles. The molecule has 0 spiro atoms. The van der Waals surface area contributed by atoms with Gasteiger partial charge in [0.15, 0.2) is 0 Å². The van der Waals surface area contributed by atoms with Crippen LogP contribution in [-0.2, 0) is 0 Å². The minimum atomic E-state index is 0.326. The maximum absolute atomic E-state index is 6.11. The van der Waals surface area contributed by atoms with Crippen molar-refractivity contribution in [1.29, 1.82) is 0 Å². The largest absolute Gasteiger partial charge is 0.374 e. The third-order valence-corrected chi connectivity index (χ3v) is 4.82. The number of hydrogen-bond donors (Lipinski definition) is 1. The minimum Gasteiger partial charge on any atom is -0.374 e. The third-order valence-electron chi connectivity index (χ3n) is 4.82. The quantitative estimate of drug-likeness (QED) is 0.896. The van der Waals surface area contributed by atoms with E-state index in [4.69, 9.17) is 5.73 Å². The summed E-state index contributed by atoms with van der Waals surface area (Å²) in [4.78, 5) is 2.38. The molecule has 0 aliphatic heterocycles. The highest BCUT2D eigenvalue weighted by Crippen LogP contribution is 2.39. The highest BCUT2D eigenvalue weighted by molar-refractivity contribution is 5.47. The molecule has 19 heavy (non-hydrogen) atoms. The molecule has 1 aromatic carbocycles. The summed E-state index contributed by atoms with van der Waals surface area (Å²) in [6.07, 6.45) is 5.22. The van der Waals surface area contributed by atoms with Gasteiger partial charge in [0, 0.05) is 24.7 Å². The fourth-order valence-corrected chi connectivity index (χ4v) is 3.19. The molecule has 0 bridgehead atoms. The molecule has 2 N–H and O–H groups in total. The van der Waals surface area contributed by atoms with Gasteiger partial charge in [-0.15, -0.1) is 0 Å². The Morgan fingerprint density at radius 2 is 1.79 bits per heavy atom. The number of nitrogens with two attached hydrogens (primary N) is 1. The van der Waals surface area contributed by atoms with E-state index in [1.165, 1.54) is 36.9 Å². The number of benzene rings is 1. The van der Waals surface area contributed by atoms with Crippen molar-refractivity contribution in [1.82, 2.24) is 0 Å². The summed E-state index contributed by atoms with van der Waals surface area (Å²) in [5.74, 6) is 0.879. The van der Waals surface area contributed by atoms with Gasteiger partial charge in [-0.05, 0) is 44.4 Å². The zero-order valence-corrected chi connectivity index (χ0v) is 12.7. The minimum absolute atomic E-state index is 0.326. The second-order valence-electron chi connectivity index (χ2n) is 6.58. The van der Waals surface area contributed by atoms with Crippen LogP contribution in [0.15, 0.2) is 24.3 Å². The van der Waals surface area contributed by atoms with Gasteiger partial charge in [-0.3, -0.25) is 0 Å². The molecule has 0 atom stereocenters. The molecule has 1 fully saturated rings. The maximum atomic E-state index is 6.11. The van der Waals surface area contributed by atoms with E-state index in [0.29, 0.717) is 5.41 Å². The Morgan fingerprint density at radius 1 is 1.21 bits per heavy atom. The van der Waals surface area contributed by atoms with E-state index in [2.05, 4.69) is 50.1 Å². The Labute approximate surface area is 118 Å². The first-order chi connectivity index (χ1) is 9.04. The Bertz CT molecular complexity index is 388. The lowest BCUT2D eigenvalue weighted by atomic mass is 9.70. The summed E-state index contributed by atoms with van der Waals surface area (Å²) in [7, 11) is 2.19. The number of rotatable bonds is 4. The first-order valence-electron chi connectivity index (χ1n) is 7.52. The fraction of sp³-hybridized carbons (Fsp3) is 0.647. The number of nitrogens with zero attached hydrogens (tertiary/aromatic N) is 1. The topological polar surface area (TPSA) is 29.3 Å². The van der Waals surface area contributed by atoms with Crippen molar-refractivity contribution in [2.75, 3.05) is 25.0 Å². The van der Waals surface area contributed by atoms with Gasteiger partial charge in [-0.2, -0.15) is 0 Å². The van der Waals surface area contributed by atoms with Crippen molar-refractivity contribution < 1.29 is 0 Å². The standard InChI is InChI=1S/C17H28N2/c1-14-4-6-16(7-5-14)19(3)13-17(12-18)10-8-15(2)9-11-17/h4-7,15H,8-13,18H2,1-3H3. The van der Waals surface area contributed by atoms with E-state index < -0.39 is 0 Å². The monoisotopic (exact) mass is 260 g/mol. The van der Waals surface area contributed by atoms with Gasteiger partial charge in [0.2, 0.25) is 0 Å². The van der Waals surface area contributed by atoms with Gasteiger partial charge in [0.1, 0.15) is 0 Å². The molecular formula is C17H28N2. The summed E-state index contributed by atoms with van der Waals surface area (Å²) in [6.45, 7) is 6.40. The van der Waals surface area contributed by atoms with E-state index in [0.717, 1.165) is 19.0 Å². The average molecular weight is 260 g/mol. The summed E-state index contributed by atoms with van der Waals surface area (Å²) < 4.78 is 0. The van der Waals surface area contributed by atoms with Crippen molar-refractivity contribution in [2.24, 2.45) is 17.1 Å². The SMILES string of the molecule is Cc1ccc(N(C)CC2(CN)CCC(C)CC2)cc1. The molecule has 1 saturated carbocycles. The van der Waals surface area contributed by atoms with Gasteiger partial charge in [0.25, 0.3) is 0 Å². The van der Waals surface area contributed by atoms with Crippen molar-refractivity contribution in [3.63, 3.8) is 0 Å². The first kappa shape index (κ1) is 14.4. The Kier molecular flexibility index (Phi) is 4.51. The summed E-state index contributed by atoms with van der Waals surface area (Å²) in [5, 5.41) is 0. The van der Waals surface area contributed by atoms with Crippen LogP contribution in [0, 0.1) is 18.3 Å². The highest BCUT2D eigenvalue weighted by Gasteiger charge is 2.34. The molecule has 1 aliphatic carbocycles. The van der Waals surface area contributed by atoms with Crippen LogP contribution in [0.1, 0.15) is 38.2 Å². The lowest BCUT2D eigenvalue weighted by molar-refractivity contribution is 0.171. The molecule has 0 aromatic heterocycles. The lowest BCUT2D eigenvalue weighted by Crippen LogP contribution is -2.43. The normalized spacial score (nSPS) is 27.3. The first-order valence-corrected chi connectivity index (χ1v) is 7.52. The van der Waals surface area contributed by atoms with Crippen LogP contribution >= 0.6 is 0 Å². The van der Waals surface area contributed by atoms with E-state index in [1.807, 2.05) is 0 Å². The second-order valence-corrected chi connectivity index (χ2v) is 6.58. The predicted molar refractivity (Wildman–Crippen MR) is 83.6 cm³/mol. The summed E-state index contributed by atoms with van der Waals surface area (Å²) >= 11 is 0. The Morgan fingerprint density at radius 3 is 2.32 bits per heavy atom. The fourth-order valence-electron chi connectivity index (χ4n) is 3.19. The molecule has 0 radical (unpaired) electrons. The van der Waals surface area contributed by atoms with Crippen molar-refractivity contribution in [2.45, 2.75) is 39.5 Å². The maximum Gasteiger partial charge on any atom is 0.0363 e. The molecule has 1 aliphatic rings. The van der Waals surface area contributed by atoms with E-state index >= 15 is 0 Å². The lowest BCUT2D eigenvalue weighted by Gasteiger charge is -2.41. The zero-order chi connectivity index (χ0) is 13.9. The van der Waals surface area contributed by atoms with E-state index in [9.17, 15) is 0 Å². The molecule has 0 unspecified atom stereocenters. The molecule has 2 rings (SSSR count). The van der Waals surface area contributed by atoms with Crippen LogP contribution in [0.4, 0.5) is 5.69 Å². The molecule has 2 heteroatoms. The predicted octanol–water partition coefficient (Wildman–Crippen LogP) is 3.59. The van der Waals surface area contributed by atoms with Gasteiger partial charge in [-0.1, -0.05) is 37.5 Å². The molecular weight excluding hydrogens is 232 g/mol. The van der Waals surface area contributed by atoms with Gasteiger partial charge in [0.05, 0.1) is 0 Å². The van der Waals surface area contributed by atoms with Crippen molar-refractivity contribution >= 4 is 5.69 Å². The van der Waals surface area contributed by atoms with Crippen LogP contribution in [0.2, 0.25) is 0 Å². The smallest absolute Gasteiger partial charge is 0.0363 e. The Balaban J connectivity index is 2.03. The van der Waals surface area contributed by atoms with Crippen molar-refractivity contribution in [3.8, 4) is 0 Å².